The summed E-state index contributed by atoms with van der Waals surface area (Å²) in [6.45, 7) is 3.55. The smallest absolute Gasteiger partial charge is 0.160 e. The molecule has 0 unspecified atom stereocenters. The lowest BCUT2D eigenvalue weighted by Gasteiger charge is -2.05. The van der Waals surface area contributed by atoms with Crippen molar-refractivity contribution in [2.75, 3.05) is 0 Å². The minimum absolute atomic E-state index is 0.0771. The van der Waals surface area contributed by atoms with Gasteiger partial charge in [-0.1, -0.05) is 27.7 Å². The molecule has 1 heterocycles. The minimum atomic E-state index is 0.0771. The van der Waals surface area contributed by atoms with E-state index >= 15 is 0 Å². The number of Topliss-reactive ketones (excluding diaryl/α,β-unsaturated/α-hetero) is 1. The summed E-state index contributed by atoms with van der Waals surface area (Å²) in [6, 6.07) is 5.68. The molecule has 2 rings (SSSR count). The van der Waals surface area contributed by atoms with Crippen molar-refractivity contribution in [3.63, 3.8) is 0 Å². The average molecular weight is 328 g/mol. The molecule has 0 N–H and O–H groups in total. The summed E-state index contributed by atoms with van der Waals surface area (Å²) in [6.07, 6.45) is 0. The van der Waals surface area contributed by atoms with E-state index in [0.29, 0.717) is 0 Å². The molecule has 88 valence electrons. The number of nitrogens with zero attached hydrogens (tertiary/aromatic N) is 1. The molecule has 17 heavy (non-hydrogen) atoms. The van der Waals surface area contributed by atoms with Gasteiger partial charge in [-0.3, -0.25) is 4.79 Å². The van der Waals surface area contributed by atoms with Crippen LogP contribution in [0.3, 0.4) is 0 Å². The molecule has 0 bridgehead atoms. The first-order chi connectivity index (χ1) is 8.06. The lowest BCUT2D eigenvalue weighted by Crippen LogP contribution is -1.94. The Morgan fingerprint density at radius 1 is 1.47 bits per heavy atom. The van der Waals surface area contributed by atoms with E-state index in [1.807, 2.05) is 30.5 Å². The van der Waals surface area contributed by atoms with Gasteiger partial charge in [-0.15, -0.1) is 11.3 Å². The van der Waals surface area contributed by atoms with Gasteiger partial charge in [0.05, 0.1) is 0 Å². The summed E-state index contributed by atoms with van der Waals surface area (Å²) in [7, 11) is 0. The number of rotatable bonds is 3. The molecular weight excluding hydrogens is 318 g/mol. The average Bonchev–Trinajstić information content (AvgIpc) is 2.63. The van der Waals surface area contributed by atoms with Crippen LogP contribution in [0.5, 0.6) is 0 Å². The molecule has 2 nitrogen and oxygen atoms in total. The van der Waals surface area contributed by atoms with Crippen molar-refractivity contribution in [3.8, 4) is 0 Å². The third-order valence-electron chi connectivity index (χ3n) is 2.12. The molecule has 0 spiro atoms. The number of hydrogen-bond donors (Lipinski definition) is 0. The van der Waals surface area contributed by atoms with Gasteiger partial charge in [0.2, 0.25) is 0 Å². The molecule has 2 aromatic rings. The quantitative estimate of drug-likeness (QED) is 0.773. The Balaban J connectivity index is 2.37. The minimum Gasteiger partial charge on any atom is -0.294 e. The number of ketones is 1. The van der Waals surface area contributed by atoms with Crippen LogP contribution in [0.2, 0.25) is 0 Å². The summed E-state index contributed by atoms with van der Waals surface area (Å²) in [5, 5.41) is 2.01. The van der Waals surface area contributed by atoms with Crippen LogP contribution in [0.4, 0.5) is 0 Å². The molecule has 0 aliphatic rings. The fourth-order valence-corrected chi connectivity index (χ4v) is 3.87. The summed E-state index contributed by atoms with van der Waals surface area (Å²) in [5.41, 5.74) is 1.75. The third kappa shape index (κ3) is 3.18. The highest BCUT2D eigenvalue weighted by Crippen LogP contribution is 2.34. The summed E-state index contributed by atoms with van der Waals surface area (Å²) < 4.78 is 1.93. The number of aryl methyl sites for hydroxylation is 1. The zero-order chi connectivity index (χ0) is 12.4. The van der Waals surface area contributed by atoms with Gasteiger partial charge in [-0.2, -0.15) is 0 Å². The number of carbonyl (C=O) groups is 1. The van der Waals surface area contributed by atoms with Crippen molar-refractivity contribution >= 4 is 44.8 Å². The van der Waals surface area contributed by atoms with Crippen molar-refractivity contribution in [1.82, 2.24) is 4.98 Å². The Bertz CT molecular complexity index is 565. The van der Waals surface area contributed by atoms with Gasteiger partial charge in [0.25, 0.3) is 0 Å². The molecule has 0 saturated heterocycles. The molecule has 5 heteroatoms. The Labute approximate surface area is 117 Å². The highest BCUT2D eigenvalue weighted by Gasteiger charge is 2.11. The largest absolute Gasteiger partial charge is 0.294 e. The van der Waals surface area contributed by atoms with E-state index in [4.69, 9.17) is 0 Å². The predicted molar refractivity (Wildman–Crippen MR) is 75.1 cm³/mol. The SMILES string of the molecule is CC(=O)c1ccc(Br)cc1Sc1nc(C)cs1. The Morgan fingerprint density at radius 2 is 2.24 bits per heavy atom. The molecule has 0 radical (unpaired) electrons. The van der Waals surface area contributed by atoms with Gasteiger partial charge < -0.3 is 0 Å². The maximum absolute atomic E-state index is 11.5. The van der Waals surface area contributed by atoms with Gasteiger partial charge in [-0.05, 0) is 32.0 Å². The lowest BCUT2D eigenvalue weighted by molar-refractivity contribution is 0.101. The molecular formula is C12H10BrNOS2. The Hall–Kier alpha value is -0.650. The van der Waals surface area contributed by atoms with Gasteiger partial charge in [0, 0.05) is 26.0 Å². The predicted octanol–water partition coefficient (Wildman–Crippen LogP) is 4.57. The second-order valence-electron chi connectivity index (χ2n) is 3.55. The van der Waals surface area contributed by atoms with Gasteiger partial charge in [0.15, 0.2) is 10.1 Å². The van der Waals surface area contributed by atoms with E-state index in [9.17, 15) is 4.79 Å². The normalized spacial score (nSPS) is 10.5. The summed E-state index contributed by atoms with van der Waals surface area (Å²) >= 11 is 6.55. The Morgan fingerprint density at radius 3 is 2.82 bits per heavy atom. The highest BCUT2D eigenvalue weighted by molar-refractivity contribution is 9.10. The number of aromatic nitrogens is 1. The fraction of sp³-hybridized carbons (Fsp3) is 0.167. The number of carbonyl (C=O) groups excluding carboxylic acids is 1. The van der Waals surface area contributed by atoms with Crippen LogP contribution in [-0.2, 0) is 0 Å². The second-order valence-corrected chi connectivity index (χ2v) is 6.62. The van der Waals surface area contributed by atoms with E-state index < -0.39 is 0 Å². The molecule has 0 atom stereocenters. The third-order valence-corrected chi connectivity index (χ3v) is 4.73. The fourth-order valence-electron chi connectivity index (χ4n) is 1.34. The Kier molecular flexibility index (Phi) is 4.01. The van der Waals surface area contributed by atoms with Crippen LogP contribution in [-0.4, -0.2) is 10.8 Å². The molecule has 0 amide bonds. The van der Waals surface area contributed by atoms with Crippen LogP contribution >= 0.6 is 39.0 Å². The summed E-state index contributed by atoms with van der Waals surface area (Å²) in [4.78, 5) is 16.9. The van der Waals surface area contributed by atoms with Crippen LogP contribution in [0, 0.1) is 6.92 Å². The van der Waals surface area contributed by atoms with Crippen LogP contribution < -0.4 is 0 Å². The van der Waals surface area contributed by atoms with Gasteiger partial charge in [-0.25, -0.2) is 4.98 Å². The maximum Gasteiger partial charge on any atom is 0.160 e. The first kappa shape index (κ1) is 12.8. The van der Waals surface area contributed by atoms with E-state index in [-0.39, 0.29) is 5.78 Å². The van der Waals surface area contributed by atoms with E-state index in [0.717, 1.165) is 25.0 Å². The van der Waals surface area contributed by atoms with Crippen molar-refractivity contribution in [3.05, 3.63) is 39.3 Å². The van der Waals surface area contributed by atoms with Crippen molar-refractivity contribution < 1.29 is 4.79 Å². The summed E-state index contributed by atoms with van der Waals surface area (Å²) in [5.74, 6) is 0.0771. The standard InChI is InChI=1S/C12H10BrNOS2/c1-7-6-16-12(14-7)17-11-5-9(13)3-4-10(11)8(2)15/h3-6H,1-2H3. The van der Waals surface area contributed by atoms with E-state index in [2.05, 4.69) is 20.9 Å². The molecule has 0 aliphatic carbocycles. The van der Waals surface area contributed by atoms with Gasteiger partial charge >= 0.3 is 0 Å². The monoisotopic (exact) mass is 327 g/mol. The first-order valence-corrected chi connectivity index (χ1v) is 7.45. The molecule has 1 aromatic carbocycles. The number of thiazole rings is 1. The molecule has 0 saturated carbocycles. The van der Waals surface area contributed by atoms with Crippen LogP contribution in [0.25, 0.3) is 0 Å². The van der Waals surface area contributed by atoms with Crippen molar-refractivity contribution in [1.29, 1.82) is 0 Å². The number of halogens is 1. The van der Waals surface area contributed by atoms with Gasteiger partial charge in [0.1, 0.15) is 0 Å². The van der Waals surface area contributed by atoms with Crippen LogP contribution in [0.1, 0.15) is 23.0 Å². The second kappa shape index (κ2) is 5.33. The van der Waals surface area contributed by atoms with E-state index in [1.54, 1.807) is 18.3 Å². The van der Waals surface area contributed by atoms with E-state index in [1.165, 1.54) is 11.8 Å². The molecule has 0 fully saturated rings. The number of hydrogen-bond acceptors (Lipinski definition) is 4. The zero-order valence-corrected chi connectivity index (χ0v) is 12.6. The first-order valence-electron chi connectivity index (χ1n) is 4.97. The zero-order valence-electron chi connectivity index (χ0n) is 9.36. The van der Waals surface area contributed by atoms with Crippen LogP contribution in [0.15, 0.2) is 37.3 Å². The lowest BCUT2D eigenvalue weighted by atomic mass is 10.1. The van der Waals surface area contributed by atoms with Crippen molar-refractivity contribution in [2.45, 2.75) is 23.1 Å². The highest BCUT2D eigenvalue weighted by atomic mass is 79.9. The molecule has 0 aliphatic heterocycles. The topological polar surface area (TPSA) is 30.0 Å². The maximum atomic E-state index is 11.5. The molecule has 1 aromatic heterocycles. The van der Waals surface area contributed by atoms with Crippen molar-refractivity contribution in [2.24, 2.45) is 0 Å². The number of benzene rings is 1.